The Morgan fingerprint density at radius 3 is 2.79 bits per heavy atom. The maximum Gasteiger partial charge on any atom is 0.213 e. The first-order valence-corrected chi connectivity index (χ1v) is 6.34. The van der Waals surface area contributed by atoms with Crippen molar-refractivity contribution in [2.45, 2.75) is 13.5 Å². The van der Waals surface area contributed by atoms with E-state index < -0.39 is 0 Å². The predicted molar refractivity (Wildman–Crippen MR) is 74.1 cm³/mol. The van der Waals surface area contributed by atoms with Crippen molar-refractivity contribution < 1.29 is 9.13 Å². The van der Waals surface area contributed by atoms with Crippen LogP contribution in [0.2, 0.25) is 5.02 Å². The Bertz CT molecular complexity index is 525. The van der Waals surface area contributed by atoms with Crippen LogP contribution in [-0.4, -0.2) is 11.6 Å². The summed E-state index contributed by atoms with van der Waals surface area (Å²) in [6.45, 7) is 2.78. The van der Waals surface area contributed by atoms with E-state index in [-0.39, 0.29) is 5.82 Å². The maximum absolute atomic E-state index is 13.6. The zero-order chi connectivity index (χ0) is 13.7. The molecule has 0 aliphatic heterocycles. The van der Waals surface area contributed by atoms with Crippen LogP contribution in [0.4, 0.5) is 10.1 Å². The predicted octanol–water partition coefficient (Wildman–Crippen LogP) is 3.88. The van der Waals surface area contributed by atoms with E-state index in [2.05, 4.69) is 10.3 Å². The van der Waals surface area contributed by atoms with Gasteiger partial charge < -0.3 is 10.1 Å². The molecule has 0 radical (unpaired) electrons. The molecule has 1 aromatic heterocycles. The molecule has 0 saturated heterocycles. The summed E-state index contributed by atoms with van der Waals surface area (Å²) in [6.07, 6.45) is 1.64. The van der Waals surface area contributed by atoms with Crippen molar-refractivity contribution in [2.75, 3.05) is 11.9 Å². The third-order valence-corrected chi connectivity index (χ3v) is 2.91. The highest BCUT2D eigenvalue weighted by molar-refractivity contribution is 6.31. The first-order chi connectivity index (χ1) is 9.20. The second-order valence-corrected chi connectivity index (χ2v) is 4.28. The molecule has 1 aromatic carbocycles. The summed E-state index contributed by atoms with van der Waals surface area (Å²) in [4.78, 5) is 4.11. The number of halogens is 2. The van der Waals surface area contributed by atoms with E-state index in [1.165, 1.54) is 6.07 Å². The zero-order valence-electron chi connectivity index (χ0n) is 10.5. The molecule has 0 spiro atoms. The SMILES string of the molecule is CCOc1ccc(NCc2c(F)cccc2Cl)cn1. The molecule has 3 nitrogen and oxygen atoms in total. The first kappa shape index (κ1) is 13.6. The lowest BCUT2D eigenvalue weighted by atomic mass is 10.2. The second kappa shape index (κ2) is 6.38. The molecule has 1 N–H and O–H groups in total. The van der Waals surface area contributed by atoms with Crippen molar-refractivity contribution in [1.29, 1.82) is 0 Å². The standard InChI is InChI=1S/C14H14ClFN2O/c1-2-19-14-7-6-10(8-18-14)17-9-11-12(15)4-3-5-13(11)16/h3-8,17H,2,9H2,1H3. The summed E-state index contributed by atoms with van der Waals surface area (Å²) in [5.74, 6) is 0.246. The minimum Gasteiger partial charge on any atom is -0.478 e. The molecule has 0 bridgehead atoms. The van der Waals surface area contributed by atoms with Crippen LogP contribution in [0.3, 0.4) is 0 Å². The number of pyridine rings is 1. The average molecular weight is 281 g/mol. The summed E-state index contributed by atoms with van der Waals surface area (Å²) in [5.41, 5.74) is 1.22. The third kappa shape index (κ3) is 3.58. The molecule has 2 rings (SSSR count). The lowest BCUT2D eigenvalue weighted by Crippen LogP contribution is -2.03. The molecule has 0 fully saturated rings. The van der Waals surface area contributed by atoms with E-state index in [1.54, 1.807) is 24.4 Å². The molecule has 2 aromatic rings. The van der Waals surface area contributed by atoms with Crippen molar-refractivity contribution in [2.24, 2.45) is 0 Å². The summed E-state index contributed by atoms with van der Waals surface area (Å²) in [5, 5.41) is 3.48. The molecule has 100 valence electrons. The van der Waals surface area contributed by atoms with Crippen molar-refractivity contribution in [3.8, 4) is 5.88 Å². The van der Waals surface area contributed by atoms with Crippen molar-refractivity contribution in [3.05, 3.63) is 52.9 Å². The third-order valence-electron chi connectivity index (χ3n) is 2.56. The van der Waals surface area contributed by atoms with Gasteiger partial charge in [-0.05, 0) is 25.1 Å². The number of nitrogens with one attached hydrogen (secondary N) is 1. The van der Waals surface area contributed by atoms with Crippen LogP contribution in [0.1, 0.15) is 12.5 Å². The van der Waals surface area contributed by atoms with Gasteiger partial charge in [0, 0.05) is 23.2 Å². The van der Waals surface area contributed by atoms with E-state index >= 15 is 0 Å². The van der Waals surface area contributed by atoms with E-state index in [4.69, 9.17) is 16.3 Å². The Hall–Kier alpha value is -1.81. The molecule has 0 amide bonds. The zero-order valence-corrected chi connectivity index (χ0v) is 11.2. The Morgan fingerprint density at radius 1 is 1.32 bits per heavy atom. The van der Waals surface area contributed by atoms with Crippen LogP contribution < -0.4 is 10.1 Å². The molecule has 0 saturated carbocycles. The van der Waals surface area contributed by atoms with Gasteiger partial charge in [0.25, 0.3) is 0 Å². The van der Waals surface area contributed by atoms with Crippen LogP contribution in [0.15, 0.2) is 36.5 Å². The Kier molecular flexibility index (Phi) is 4.58. The topological polar surface area (TPSA) is 34.1 Å². The minimum absolute atomic E-state index is 0.307. The number of hydrogen-bond acceptors (Lipinski definition) is 3. The normalized spacial score (nSPS) is 10.3. The Labute approximate surface area is 116 Å². The van der Waals surface area contributed by atoms with Gasteiger partial charge in [-0.2, -0.15) is 0 Å². The summed E-state index contributed by atoms with van der Waals surface area (Å²) in [7, 11) is 0. The van der Waals surface area contributed by atoms with Gasteiger partial charge in [-0.25, -0.2) is 9.37 Å². The summed E-state index contributed by atoms with van der Waals surface area (Å²) in [6, 6.07) is 8.22. The minimum atomic E-state index is -0.320. The number of nitrogens with zero attached hydrogens (tertiary/aromatic N) is 1. The highest BCUT2D eigenvalue weighted by Crippen LogP contribution is 2.20. The van der Waals surface area contributed by atoms with Gasteiger partial charge in [-0.1, -0.05) is 17.7 Å². The fraction of sp³-hybridized carbons (Fsp3) is 0.214. The quantitative estimate of drug-likeness (QED) is 0.902. The lowest BCUT2D eigenvalue weighted by Gasteiger charge is -2.09. The van der Waals surface area contributed by atoms with E-state index in [0.29, 0.717) is 29.6 Å². The highest BCUT2D eigenvalue weighted by Gasteiger charge is 2.06. The van der Waals surface area contributed by atoms with E-state index in [0.717, 1.165) is 5.69 Å². The number of hydrogen-bond donors (Lipinski definition) is 1. The van der Waals surface area contributed by atoms with Gasteiger partial charge in [0.15, 0.2) is 0 Å². The molecular weight excluding hydrogens is 267 g/mol. The van der Waals surface area contributed by atoms with Crippen molar-refractivity contribution in [3.63, 3.8) is 0 Å². The van der Waals surface area contributed by atoms with Crippen molar-refractivity contribution in [1.82, 2.24) is 4.98 Å². The highest BCUT2D eigenvalue weighted by atomic mass is 35.5. The average Bonchev–Trinajstić information content (AvgIpc) is 2.40. The van der Waals surface area contributed by atoms with E-state index in [9.17, 15) is 4.39 Å². The Balaban J connectivity index is 2.02. The van der Waals surface area contributed by atoms with Gasteiger partial charge in [-0.3, -0.25) is 0 Å². The van der Waals surface area contributed by atoms with Crippen LogP contribution in [0, 0.1) is 5.82 Å². The van der Waals surface area contributed by atoms with Gasteiger partial charge in [-0.15, -0.1) is 0 Å². The Morgan fingerprint density at radius 2 is 2.16 bits per heavy atom. The number of rotatable bonds is 5. The lowest BCUT2D eigenvalue weighted by molar-refractivity contribution is 0.327. The second-order valence-electron chi connectivity index (χ2n) is 3.87. The number of anilines is 1. The monoisotopic (exact) mass is 280 g/mol. The summed E-state index contributed by atoms with van der Waals surface area (Å²) >= 11 is 5.95. The van der Waals surface area contributed by atoms with E-state index in [1.807, 2.05) is 13.0 Å². The van der Waals surface area contributed by atoms with Gasteiger partial charge >= 0.3 is 0 Å². The fourth-order valence-corrected chi connectivity index (χ4v) is 1.84. The molecule has 0 aliphatic rings. The number of aromatic nitrogens is 1. The van der Waals surface area contributed by atoms with Gasteiger partial charge in [0.1, 0.15) is 5.82 Å². The van der Waals surface area contributed by atoms with Crippen LogP contribution in [-0.2, 0) is 6.54 Å². The molecule has 0 atom stereocenters. The molecular formula is C14H14ClFN2O. The molecule has 0 unspecified atom stereocenters. The molecule has 5 heteroatoms. The molecule has 1 heterocycles. The maximum atomic E-state index is 13.6. The van der Waals surface area contributed by atoms with Crippen LogP contribution in [0.25, 0.3) is 0 Å². The van der Waals surface area contributed by atoms with Crippen LogP contribution >= 0.6 is 11.6 Å². The number of ether oxygens (including phenoxy) is 1. The van der Waals surface area contributed by atoms with Gasteiger partial charge in [0.05, 0.1) is 18.5 Å². The van der Waals surface area contributed by atoms with Gasteiger partial charge in [0.2, 0.25) is 5.88 Å². The first-order valence-electron chi connectivity index (χ1n) is 5.96. The summed E-state index contributed by atoms with van der Waals surface area (Å²) < 4.78 is 18.8. The molecule has 0 aliphatic carbocycles. The molecule has 19 heavy (non-hydrogen) atoms. The van der Waals surface area contributed by atoms with Crippen molar-refractivity contribution >= 4 is 17.3 Å². The number of benzene rings is 1. The largest absolute Gasteiger partial charge is 0.478 e. The smallest absolute Gasteiger partial charge is 0.213 e. The van der Waals surface area contributed by atoms with Crippen LogP contribution in [0.5, 0.6) is 5.88 Å². The fourth-order valence-electron chi connectivity index (χ4n) is 1.61.